The fraction of sp³-hybridized carbons (Fsp3) is 0.625. The van der Waals surface area contributed by atoms with Crippen LogP contribution in [0.4, 0.5) is 10.5 Å². The Bertz CT molecular complexity index is 574. The van der Waals surface area contributed by atoms with Gasteiger partial charge in [0.1, 0.15) is 16.4 Å². The molecular formula is C16H24ClN3O3. The molecule has 23 heavy (non-hydrogen) atoms. The molecule has 1 aromatic rings. The number of halogens is 1. The van der Waals surface area contributed by atoms with Gasteiger partial charge in [0, 0.05) is 25.7 Å². The zero-order chi connectivity index (χ0) is 17.2. The van der Waals surface area contributed by atoms with Gasteiger partial charge < -0.3 is 19.3 Å². The van der Waals surface area contributed by atoms with E-state index in [-0.39, 0.29) is 12.1 Å². The summed E-state index contributed by atoms with van der Waals surface area (Å²) < 4.78 is 10.8. The van der Waals surface area contributed by atoms with Crippen molar-refractivity contribution in [2.24, 2.45) is 0 Å². The number of piperazine rings is 1. The van der Waals surface area contributed by atoms with Gasteiger partial charge >= 0.3 is 6.09 Å². The Morgan fingerprint density at radius 1 is 1.35 bits per heavy atom. The molecule has 0 N–H and O–H groups in total. The first-order valence-corrected chi connectivity index (χ1v) is 8.04. The second kappa shape index (κ2) is 6.83. The minimum Gasteiger partial charge on any atom is -0.479 e. The number of amides is 1. The van der Waals surface area contributed by atoms with Crippen molar-refractivity contribution in [2.45, 2.75) is 39.3 Å². The number of hydrogen-bond donors (Lipinski definition) is 0. The van der Waals surface area contributed by atoms with E-state index in [9.17, 15) is 4.79 Å². The van der Waals surface area contributed by atoms with Crippen LogP contribution in [0.1, 0.15) is 27.7 Å². The summed E-state index contributed by atoms with van der Waals surface area (Å²) in [4.78, 5) is 20.3. The van der Waals surface area contributed by atoms with Crippen molar-refractivity contribution in [1.29, 1.82) is 0 Å². The minimum absolute atomic E-state index is 0.119. The van der Waals surface area contributed by atoms with Crippen molar-refractivity contribution in [3.63, 3.8) is 0 Å². The van der Waals surface area contributed by atoms with Crippen LogP contribution in [0.15, 0.2) is 12.1 Å². The molecule has 6 nitrogen and oxygen atoms in total. The number of anilines is 1. The third-order valence-corrected chi connectivity index (χ3v) is 3.80. The van der Waals surface area contributed by atoms with E-state index >= 15 is 0 Å². The molecule has 7 heteroatoms. The van der Waals surface area contributed by atoms with E-state index in [1.54, 1.807) is 18.1 Å². The molecule has 0 unspecified atom stereocenters. The summed E-state index contributed by atoms with van der Waals surface area (Å²) in [5.41, 5.74) is 0.397. The Labute approximate surface area is 142 Å². The van der Waals surface area contributed by atoms with Crippen LogP contribution in [0.2, 0.25) is 5.15 Å². The monoisotopic (exact) mass is 341 g/mol. The van der Waals surface area contributed by atoms with Gasteiger partial charge in [-0.2, -0.15) is 4.98 Å². The standard InChI is InChI=1S/C16H24ClN3O3/c1-11-10-19(15(21)23-16(2,3)4)8-9-20(11)12-6-7-13(17)18-14(12)22-5/h6-7,11H,8-10H2,1-5H3/t11-/m0/s1. The Hall–Kier alpha value is -1.69. The number of carbonyl (C=O) groups is 1. The van der Waals surface area contributed by atoms with Gasteiger partial charge in [0.15, 0.2) is 0 Å². The Morgan fingerprint density at radius 3 is 2.61 bits per heavy atom. The molecule has 0 aliphatic carbocycles. The Balaban J connectivity index is 2.09. The number of aromatic nitrogens is 1. The van der Waals surface area contributed by atoms with Crippen LogP contribution in [0.25, 0.3) is 0 Å². The van der Waals surface area contributed by atoms with E-state index in [1.807, 2.05) is 26.8 Å². The molecule has 0 saturated carbocycles. The van der Waals surface area contributed by atoms with Gasteiger partial charge in [0.25, 0.3) is 0 Å². The zero-order valence-electron chi connectivity index (χ0n) is 14.3. The van der Waals surface area contributed by atoms with Crippen molar-refractivity contribution in [3.8, 4) is 5.88 Å². The highest BCUT2D eigenvalue weighted by molar-refractivity contribution is 6.29. The number of pyridine rings is 1. The highest BCUT2D eigenvalue weighted by Crippen LogP contribution is 2.30. The maximum atomic E-state index is 12.2. The average molecular weight is 342 g/mol. The third kappa shape index (κ3) is 4.41. The number of carbonyl (C=O) groups excluding carboxylic acids is 1. The van der Waals surface area contributed by atoms with Crippen LogP contribution in [-0.4, -0.2) is 54.4 Å². The number of nitrogens with zero attached hydrogens (tertiary/aromatic N) is 3. The first-order chi connectivity index (χ1) is 10.7. The van der Waals surface area contributed by atoms with Gasteiger partial charge in [0.2, 0.25) is 5.88 Å². The van der Waals surface area contributed by atoms with Crippen molar-refractivity contribution in [2.75, 3.05) is 31.6 Å². The summed E-state index contributed by atoms with van der Waals surface area (Å²) in [6.07, 6.45) is -0.273. The summed E-state index contributed by atoms with van der Waals surface area (Å²) in [7, 11) is 1.57. The smallest absolute Gasteiger partial charge is 0.410 e. The molecule has 0 bridgehead atoms. The molecule has 128 valence electrons. The highest BCUT2D eigenvalue weighted by Gasteiger charge is 2.31. The molecule has 0 aromatic carbocycles. The SMILES string of the molecule is COc1nc(Cl)ccc1N1CCN(C(=O)OC(C)(C)C)C[C@@H]1C. The average Bonchev–Trinajstić information content (AvgIpc) is 2.45. The normalized spacial score (nSPS) is 18.8. The molecule has 1 atom stereocenters. The molecule has 1 saturated heterocycles. The number of rotatable bonds is 2. The lowest BCUT2D eigenvalue weighted by Crippen LogP contribution is -2.54. The van der Waals surface area contributed by atoms with Crippen molar-refractivity contribution in [1.82, 2.24) is 9.88 Å². The molecule has 0 spiro atoms. The van der Waals surface area contributed by atoms with E-state index in [1.165, 1.54) is 0 Å². The molecule has 1 aliphatic heterocycles. The number of hydrogen-bond acceptors (Lipinski definition) is 5. The zero-order valence-corrected chi connectivity index (χ0v) is 15.1. The summed E-state index contributed by atoms with van der Waals surface area (Å²) in [6, 6.07) is 3.76. The maximum Gasteiger partial charge on any atom is 0.410 e. The van der Waals surface area contributed by atoms with Crippen LogP contribution < -0.4 is 9.64 Å². The summed E-state index contributed by atoms with van der Waals surface area (Å²) in [6.45, 7) is 9.52. The van der Waals surface area contributed by atoms with Gasteiger partial charge in [-0.05, 0) is 39.8 Å². The van der Waals surface area contributed by atoms with Gasteiger partial charge in [-0.3, -0.25) is 0 Å². The number of ether oxygens (including phenoxy) is 2. The molecule has 1 fully saturated rings. The van der Waals surface area contributed by atoms with E-state index < -0.39 is 5.60 Å². The van der Waals surface area contributed by atoms with Crippen molar-refractivity contribution < 1.29 is 14.3 Å². The van der Waals surface area contributed by atoms with E-state index in [4.69, 9.17) is 21.1 Å². The van der Waals surface area contributed by atoms with Crippen LogP contribution in [0, 0.1) is 0 Å². The van der Waals surface area contributed by atoms with Crippen LogP contribution in [0.3, 0.4) is 0 Å². The quantitative estimate of drug-likeness (QED) is 0.773. The fourth-order valence-electron chi connectivity index (χ4n) is 2.59. The lowest BCUT2D eigenvalue weighted by Gasteiger charge is -2.41. The molecule has 0 radical (unpaired) electrons. The second-order valence-corrected chi connectivity index (χ2v) is 7.02. The Morgan fingerprint density at radius 2 is 2.04 bits per heavy atom. The topological polar surface area (TPSA) is 54.9 Å². The van der Waals surface area contributed by atoms with E-state index in [2.05, 4.69) is 16.8 Å². The minimum atomic E-state index is -0.485. The first-order valence-electron chi connectivity index (χ1n) is 7.66. The van der Waals surface area contributed by atoms with Gasteiger partial charge in [-0.1, -0.05) is 11.6 Å². The summed E-state index contributed by atoms with van der Waals surface area (Å²) in [5.74, 6) is 0.495. The van der Waals surface area contributed by atoms with Gasteiger partial charge in [0.05, 0.1) is 7.11 Å². The number of methoxy groups -OCH3 is 1. The van der Waals surface area contributed by atoms with Crippen LogP contribution in [-0.2, 0) is 4.74 Å². The largest absolute Gasteiger partial charge is 0.479 e. The lowest BCUT2D eigenvalue weighted by atomic mass is 10.1. The summed E-state index contributed by atoms with van der Waals surface area (Å²) >= 11 is 5.92. The molecule has 1 amide bonds. The van der Waals surface area contributed by atoms with Gasteiger partial charge in [-0.15, -0.1) is 0 Å². The first kappa shape index (κ1) is 17.7. The Kier molecular flexibility index (Phi) is 5.24. The van der Waals surface area contributed by atoms with Crippen molar-refractivity contribution >= 4 is 23.4 Å². The third-order valence-electron chi connectivity index (χ3n) is 3.59. The molecule has 2 heterocycles. The van der Waals surface area contributed by atoms with Crippen LogP contribution in [0.5, 0.6) is 5.88 Å². The predicted octanol–water partition coefficient (Wildman–Crippen LogP) is 3.19. The van der Waals surface area contributed by atoms with Crippen molar-refractivity contribution in [3.05, 3.63) is 17.3 Å². The molecule has 2 rings (SSSR count). The predicted molar refractivity (Wildman–Crippen MR) is 90.4 cm³/mol. The highest BCUT2D eigenvalue weighted by atomic mass is 35.5. The van der Waals surface area contributed by atoms with E-state index in [0.717, 1.165) is 5.69 Å². The molecular weight excluding hydrogens is 318 g/mol. The van der Waals surface area contributed by atoms with Gasteiger partial charge in [-0.25, -0.2) is 4.79 Å². The summed E-state index contributed by atoms with van der Waals surface area (Å²) in [5, 5.41) is 0.394. The second-order valence-electron chi connectivity index (χ2n) is 6.63. The van der Waals surface area contributed by atoms with Crippen LogP contribution >= 0.6 is 11.6 Å². The molecule has 1 aromatic heterocycles. The van der Waals surface area contributed by atoms with E-state index in [0.29, 0.717) is 30.7 Å². The lowest BCUT2D eigenvalue weighted by molar-refractivity contribution is 0.0218. The fourth-order valence-corrected chi connectivity index (χ4v) is 2.73. The molecule has 1 aliphatic rings. The maximum absolute atomic E-state index is 12.2.